The van der Waals surface area contributed by atoms with Crippen LogP contribution in [0.4, 0.5) is 4.79 Å². The molecule has 7 heteroatoms. The van der Waals surface area contributed by atoms with Gasteiger partial charge in [0.05, 0.1) is 6.67 Å². The molecule has 0 radical (unpaired) electrons. The fourth-order valence-corrected chi connectivity index (χ4v) is 4.41. The molecule has 2 aliphatic rings. The van der Waals surface area contributed by atoms with Crippen molar-refractivity contribution >= 4 is 17.8 Å². The van der Waals surface area contributed by atoms with Gasteiger partial charge in [0.1, 0.15) is 5.54 Å². The van der Waals surface area contributed by atoms with Gasteiger partial charge in [0.2, 0.25) is 0 Å². The van der Waals surface area contributed by atoms with Crippen molar-refractivity contribution < 1.29 is 14.4 Å². The van der Waals surface area contributed by atoms with E-state index in [9.17, 15) is 14.4 Å². The molecule has 1 atom stereocenters. The average Bonchev–Trinajstić information content (AvgIpc) is 3.32. The highest BCUT2D eigenvalue weighted by molar-refractivity contribution is 6.07. The van der Waals surface area contributed by atoms with Crippen LogP contribution in [0.2, 0.25) is 0 Å². The zero-order valence-corrected chi connectivity index (χ0v) is 18.2. The molecule has 1 fully saturated rings. The standard InChI is InChI=1S/C24H28N4O3/c1-24(20-12-11-17-5-4-6-19(17)13-20)22(30)28(23(31)26-24)15-27(3)14-16-7-9-18(10-8-16)21(29)25-2/h7-13H,4-6,14-15H2,1-3H3,(H,25,29)(H,26,31)/t24-/m1/s1. The summed E-state index contributed by atoms with van der Waals surface area (Å²) in [5.74, 6) is -0.373. The van der Waals surface area contributed by atoms with Gasteiger partial charge in [-0.2, -0.15) is 0 Å². The zero-order chi connectivity index (χ0) is 22.2. The van der Waals surface area contributed by atoms with Crippen molar-refractivity contribution in [3.05, 3.63) is 70.3 Å². The molecule has 0 spiro atoms. The number of carbonyl (C=O) groups excluding carboxylic acids is 3. The highest BCUT2D eigenvalue weighted by Gasteiger charge is 2.49. The number of nitrogens with zero attached hydrogens (tertiary/aromatic N) is 2. The summed E-state index contributed by atoms with van der Waals surface area (Å²) < 4.78 is 0. The summed E-state index contributed by atoms with van der Waals surface area (Å²) in [5, 5.41) is 5.50. The predicted molar refractivity (Wildman–Crippen MR) is 117 cm³/mol. The summed E-state index contributed by atoms with van der Waals surface area (Å²) in [7, 11) is 3.46. The number of aryl methyl sites for hydroxylation is 2. The Hall–Kier alpha value is -3.19. The van der Waals surface area contributed by atoms with E-state index in [1.54, 1.807) is 26.1 Å². The van der Waals surface area contributed by atoms with E-state index in [2.05, 4.69) is 22.8 Å². The van der Waals surface area contributed by atoms with Gasteiger partial charge >= 0.3 is 6.03 Å². The molecular formula is C24H28N4O3. The minimum absolute atomic E-state index is 0.134. The first-order valence-corrected chi connectivity index (χ1v) is 10.6. The number of amides is 4. The van der Waals surface area contributed by atoms with Gasteiger partial charge in [0, 0.05) is 19.2 Å². The molecule has 7 nitrogen and oxygen atoms in total. The average molecular weight is 421 g/mol. The first-order chi connectivity index (χ1) is 14.8. The molecule has 2 aromatic carbocycles. The van der Waals surface area contributed by atoms with Crippen LogP contribution in [0.25, 0.3) is 0 Å². The number of fused-ring (bicyclic) bond motifs is 1. The molecule has 0 bridgehead atoms. The van der Waals surface area contributed by atoms with Gasteiger partial charge < -0.3 is 10.6 Å². The number of carbonyl (C=O) groups is 3. The highest BCUT2D eigenvalue weighted by atomic mass is 16.2. The van der Waals surface area contributed by atoms with E-state index in [1.165, 1.54) is 16.0 Å². The van der Waals surface area contributed by atoms with Crippen molar-refractivity contribution in [2.45, 2.75) is 38.3 Å². The number of hydrogen-bond donors (Lipinski definition) is 2. The third-order valence-corrected chi connectivity index (χ3v) is 6.23. The number of imide groups is 1. The van der Waals surface area contributed by atoms with E-state index >= 15 is 0 Å². The van der Waals surface area contributed by atoms with Crippen LogP contribution in [0.3, 0.4) is 0 Å². The summed E-state index contributed by atoms with van der Waals surface area (Å²) >= 11 is 0. The maximum atomic E-state index is 13.3. The van der Waals surface area contributed by atoms with Gasteiger partial charge in [-0.05, 0) is 67.6 Å². The summed E-state index contributed by atoms with van der Waals surface area (Å²) in [6, 6.07) is 13.0. The van der Waals surface area contributed by atoms with E-state index in [0.717, 1.165) is 30.4 Å². The largest absolute Gasteiger partial charge is 0.355 e. The summed E-state index contributed by atoms with van der Waals surface area (Å²) in [5.41, 5.74) is 3.97. The Kier molecular flexibility index (Phi) is 5.54. The van der Waals surface area contributed by atoms with Crippen LogP contribution in [0.15, 0.2) is 42.5 Å². The van der Waals surface area contributed by atoms with Gasteiger partial charge in [-0.3, -0.25) is 14.5 Å². The Bertz CT molecular complexity index is 1030. The molecule has 162 valence electrons. The Morgan fingerprint density at radius 3 is 2.55 bits per heavy atom. The Morgan fingerprint density at radius 2 is 1.84 bits per heavy atom. The number of nitrogens with one attached hydrogen (secondary N) is 2. The third-order valence-electron chi connectivity index (χ3n) is 6.23. The lowest BCUT2D eigenvalue weighted by Crippen LogP contribution is -2.42. The molecule has 1 heterocycles. The summed E-state index contributed by atoms with van der Waals surface area (Å²) in [6.45, 7) is 2.50. The molecule has 1 aliphatic carbocycles. The van der Waals surface area contributed by atoms with Crippen LogP contribution in [0.5, 0.6) is 0 Å². The molecule has 0 unspecified atom stereocenters. The molecule has 4 amide bonds. The van der Waals surface area contributed by atoms with Crippen LogP contribution in [-0.2, 0) is 29.7 Å². The lowest BCUT2D eigenvalue weighted by atomic mass is 9.90. The molecule has 1 saturated heterocycles. The van der Waals surface area contributed by atoms with Crippen LogP contribution in [0, 0.1) is 0 Å². The normalized spacial score (nSPS) is 20.2. The number of rotatable bonds is 6. The highest BCUT2D eigenvalue weighted by Crippen LogP contribution is 2.32. The fourth-order valence-electron chi connectivity index (χ4n) is 4.41. The van der Waals surface area contributed by atoms with E-state index in [1.807, 2.05) is 30.1 Å². The van der Waals surface area contributed by atoms with Crippen molar-refractivity contribution in [3.8, 4) is 0 Å². The smallest absolute Gasteiger partial charge is 0.326 e. The minimum atomic E-state index is -1.05. The summed E-state index contributed by atoms with van der Waals surface area (Å²) in [6.07, 6.45) is 3.23. The van der Waals surface area contributed by atoms with Crippen LogP contribution in [-0.4, -0.2) is 48.4 Å². The second-order valence-corrected chi connectivity index (χ2v) is 8.56. The van der Waals surface area contributed by atoms with E-state index < -0.39 is 5.54 Å². The van der Waals surface area contributed by atoms with E-state index in [4.69, 9.17) is 0 Å². The van der Waals surface area contributed by atoms with Crippen LogP contribution >= 0.6 is 0 Å². The van der Waals surface area contributed by atoms with Crippen molar-refractivity contribution in [2.24, 2.45) is 0 Å². The number of urea groups is 1. The van der Waals surface area contributed by atoms with Gasteiger partial charge in [-0.15, -0.1) is 0 Å². The van der Waals surface area contributed by atoms with Gasteiger partial charge in [0.25, 0.3) is 11.8 Å². The molecule has 31 heavy (non-hydrogen) atoms. The predicted octanol–water partition coefficient (Wildman–Crippen LogP) is 2.39. The number of hydrogen-bond acceptors (Lipinski definition) is 4. The molecular weight excluding hydrogens is 392 g/mol. The van der Waals surface area contributed by atoms with Crippen molar-refractivity contribution in [2.75, 3.05) is 20.8 Å². The Balaban J connectivity index is 1.44. The molecule has 2 N–H and O–H groups in total. The van der Waals surface area contributed by atoms with Gasteiger partial charge in [-0.1, -0.05) is 30.3 Å². The minimum Gasteiger partial charge on any atom is -0.355 e. The molecule has 4 rings (SSSR count). The van der Waals surface area contributed by atoms with Gasteiger partial charge in [-0.25, -0.2) is 9.69 Å². The zero-order valence-electron chi connectivity index (χ0n) is 18.2. The monoisotopic (exact) mass is 420 g/mol. The Labute approximate surface area is 182 Å². The Morgan fingerprint density at radius 1 is 1.13 bits per heavy atom. The van der Waals surface area contributed by atoms with E-state index in [-0.39, 0.29) is 24.5 Å². The molecule has 2 aromatic rings. The third kappa shape index (κ3) is 3.93. The quantitative estimate of drug-likeness (QED) is 0.703. The second kappa shape index (κ2) is 8.15. The topological polar surface area (TPSA) is 81.8 Å². The maximum absolute atomic E-state index is 13.3. The lowest BCUT2D eigenvalue weighted by molar-refractivity contribution is -0.132. The van der Waals surface area contributed by atoms with Crippen molar-refractivity contribution in [1.29, 1.82) is 0 Å². The molecule has 0 aromatic heterocycles. The first kappa shape index (κ1) is 21.1. The SMILES string of the molecule is CNC(=O)c1ccc(CN(C)CN2C(=O)N[C@](C)(c3ccc4c(c3)CCC4)C2=O)cc1. The second-order valence-electron chi connectivity index (χ2n) is 8.56. The maximum Gasteiger partial charge on any atom is 0.326 e. The van der Waals surface area contributed by atoms with Crippen LogP contribution < -0.4 is 10.6 Å². The molecule has 1 aliphatic heterocycles. The van der Waals surface area contributed by atoms with Crippen molar-refractivity contribution in [1.82, 2.24) is 20.4 Å². The van der Waals surface area contributed by atoms with Crippen LogP contribution in [0.1, 0.15) is 46.0 Å². The lowest BCUT2D eigenvalue weighted by Gasteiger charge is -2.25. The first-order valence-electron chi connectivity index (χ1n) is 10.6. The van der Waals surface area contributed by atoms with Gasteiger partial charge in [0.15, 0.2) is 0 Å². The van der Waals surface area contributed by atoms with E-state index in [0.29, 0.717) is 12.1 Å². The summed E-state index contributed by atoms with van der Waals surface area (Å²) in [4.78, 5) is 40.8. The van der Waals surface area contributed by atoms with Crippen molar-refractivity contribution in [3.63, 3.8) is 0 Å². The molecule has 0 saturated carbocycles. The fraction of sp³-hybridized carbons (Fsp3) is 0.375. The number of benzene rings is 2.